The fourth-order valence-electron chi connectivity index (χ4n) is 2.52. The number of carboxylic acid groups (broad SMARTS) is 1. The third-order valence-corrected chi connectivity index (χ3v) is 3.69. The van der Waals surface area contributed by atoms with E-state index in [9.17, 15) is 19.5 Å². The second-order valence-electron chi connectivity index (χ2n) is 5.17. The highest BCUT2D eigenvalue weighted by atomic mass is 16.4. The summed E-state index contributed by atoms with van der Waals surface area (Å²) in [4.78, 5) is 34.5. The Morgan fingerprint density at radius 2 is 1.78 bits per heavy atom. The maximum atomic E-state index is 12.5. The van der Waals surface area contributed by atoms with Gasteiger partial charge in [0.2, 0.25) is 0 Å². The summed E-state index contributed by atoms with van der Waals surface area (Å²) < 4.78 is 1.44. The number of hydrogen-bond acceptors (Lipinski definition) is 3. The molecule has 0 saturated carbocycles. The summed E-state index contributed by atoms with van der Waals surface area (Å²) in [6.07, 6.45) is 0.746. The van der Waals surface area contributed by atoms with E-state index in [4.69, 9.17) is 0 Å². The van der Waals surface area contributed by atoms with Gasteiger partial charge in [0.05, 0.1) is 12.1 Å². The molecular weight excluding hydrogens is 294 g/mol. The predicted molar refractivity (Wildman–Crippen MR) is 86.1 cm³/mol. The van der Waals surface area contributed by atoms with Crippen LogP contribution < -0.4 is 5.56 Å². The first kappa shape index (κ1) is 14.7. The molecule has 3 aromatic rings. The molecule has 0 saturated heterocycles. The van der Waals surface area contributed by atoms with Crippen LogP contribution in [0.25, 0.3) is 10.9 Å². The van der Waals surface area contributed by atoms with Crippen LogP contribution in [0.4, 0.5) is 0 Å². The minimum absolute atomic E-state index is 0.236. The molecule has 1 N–H and O–H groups in total. The first-order valence-electron chi connectivity index (χ1n) is 7.00. The van der Waals surface area contributed by atoms with Crippen molar-refractivity contribution in [3.8, 4) is 0 Å². The maximum Gasteiger partial charge on any atom is 0.341 e. The van der Waals surface area contributed by atoms with Crippen molar-refractivity contribution in [1.29, 1.82) is 0 Å². The zero-order valence-electron chi connectivity index (χ0n) is 12.1. The van der Waals surface area contributed by atoms with Crippen LogP contribution in [0.5, 0.6) is 0 Å². The number of fused-ring (bicyclic) bond motifs is 1. The molecular formula is C18H13NO4. The zero-order chi connectivity index (χ0) is 16.4. The van der Waals surface area contributed by atoms with E-state index in [0.29, 0.717) is 16.5 Å². The Labute approximate surface area is 131 Å². The summed E-state index contributed by atoms with van der Waals surface area (Å²) >= 11 is 0. The molecule has 2 aromatic carbocycles. The number of pyridine rings is 1. The van der Waals surface area contributed by atoms with Crippen LogP contribution >= 0.6 is 0 Å². The molecule has 0 radical (unpaired) electrons. The normalized spacial score (nSPS) is 10.6. The van der Waals surface area contributed by atoms with E-state index in [1.807, 2.05) is 0 Å². The molecule has 3 rings (SSSR count). The molecule has 0 atom stereocenters. The molecule has 1 aromatic heterocycles. The molecule has 0 spiro atoms. The topological polar surface area (TPSA) is 76.4 Å². The Bertz CT molecular complexity index is 955. The number of carbonyl (C=O) groups excluding carboxylic acids is 1. The van der Waals surface area contributed by atoms with Crippen molar-refractivity contribution in [3.63, 3.8) is 0 Å². The molecule has 1 heterocycles. The number of hydrogen-bond donors (Lipinski definition) is 1. The lowest BCUT2D eigenvalue weighted by Crippen LogP contribution is -2.27. The summed E-state index contributed by atoms with van der Waals surface area (Å²) in [5.74, 6) is -1.24. The van der Waals surface area contributed by atoms with Crippen LogP contribution in [0.2, 0.25) is 0 Å². The van der Waals surface area contributed by atoms with Crippen LogP contribution in [0.3, 0.4) is 0 Å². The van der Waals surface area contributed by atoms with Gasteiger partial charge in [-0.25, -0.2) is 4.79 Å². The van der Waals surface area contributed by atoms with Gasteiger partial charge in [-0.05, 0) is 23.1 Å². The van der Waals surface area contributed by atoms with Gasteiger partial charge in [-0.3, -0.25) is 9.59 Å². The first-order valence-corrected chi connectivity index (χ1v) is 7.00. The molecule has 0 amide bonds. The van der Waals surface area contributed by atoms with Crippen LogP contribution in [-0.2, 0) is 6.54 Å². The number of aromatic carboxylic acids is 1. The van der Waals surface area contributed by atoms with Crippen molar-refractivity contribution in [2.45, 2.75) is 6.54 Å². The lowest BCUT2D eigenvalue weighted by Gasteiger charge is -2.12. The van der Waals surface area contributed by atoms with Crippen molar-refractivity contribution in [3.05, 3.63) is 81.6 Å². The fraction of sp³-hybridized carbons (Fsp3) is 0.0556. The third kappa shape index (κ3) is 2.76. The summed E-state index contributed by atoms with van der Waals surface area (Å²) in [5.41, 5.74) is 1.22. The summed E-state index contributed by atoms with van der Waals surface area (Å²) in [6.45, 7) is 0.236. The van der Waals surface area contributed by atoms with Crippen molar-refractivity contribution in [2.24, 2.45) is 0 Å². The second-order valence-corrected chi connectivity index (χ2v) is 5.17. The van der Waals surface area contributed by atoms with E-state index in [2.05, 4.69) is 0 Å². The van der Waals surface area contributed by atoms with E-state index >= 15 is 0 Å². The first-order chi connectivity index (χ1) is 11.1. The number of carbonyl (C=O) groups is 2. The summed E-state index contributed by atoms with van der Waals surface area (Å²) in [6, 6.07) is 15.4. The van der Waals surface area contributed by atoms with Crippen molar-refractivity contribution < 1.29 is 14.7 Å². The van der Waals surface area contributed by atoms with Gasteiger partial charge in [-0.15, -0.1) is 0 Å². The van der Waals surface area contributed by atoms with Gasteiger partial charge in [0.1, 0.15) is 11.8 Å². The van der Waals surface area contributed by atoms with E-state index in [0.717, 1.165) is 11.8 Å². The number of aldehydes is 1. The monoisotopic (exact) mass is 307 g/mol. The number of carboxylic acids is 1. The molecule has 0 aliphatic heterocycles. The van der Waals surface area contributed by atoms with Gasteiger partial charge in [-0.2, -0.15) is 0 Å². The number of benzene rings is 2. The van der Waals surface area contributed by atoms with Crippen molar-refractivity contribution in [1.82, 2.24) is 4.57 Å². The molecule has 0 unspecified atom stereocenters. The number of para-hydroxylation sites is 1. The van der Waals surface area contributed by atoms with Gasteiger partial charge < -0.3 is 9.67 Å². The van der Waals surface area contributed by atoms with E-state index in [1.54, 1.807) is 48.5 Å². The van der Waals surface area contributed by atoms with E-state index in [1.165, 1.54) is 10.6 Å². The van der Waals surface area contributed by atoms with Gasteiger partial charge in [0, 0.05) is 5.56 Å². The highest BCUT2D eigenvalue weighted by molar-refractivity contribution is 5.92. The molecule has 0 fully saturated rings. The lowest BCUT2D eigenvalue weighted by molar-refractivity contribution is 0.0694. The number of aromatic nitrogens is 1. The largest absolute Gasteiger partial charge is 0.477 e. The number of rotatable bonds is 4. The van der Waals surface area contributed by atoms with E-state index < -0.39 is 11.5 Å². The molecule has 5 nitrogen and oxygen atoms in total. The van der Waals surface area contributed by atoms with Crippen LogP contribution in [0.1, 0.15) is 26.3 Å². The predicted octanol–water partition coefficient (Wildman–Crippen LogP) is 2.56. The van der Waals surface area contributed by atoms with E-state index in [-0.39, 0.29) is 12.1 Å². The molecule has 23 heavy (non-hydrogen) atoms. The fourth-order valence-corrected chi connectivity index (χ4v) is 2.52. The Morgan fingerprint density at radius 3 is 2.43 bits per heavy atom. The minimum Gasteiger partial charge on any atom is -0.477 e. The second kappa shape index (κ2) is 5.88. The van der Waals surface area contributed by atoms with Gasteiger partial charge in [0.25, 0.3) is 5.56 Å². The molecule has 0 bridgehead atoms. The molecule has 0 aliphatic carbocycles. The summed E-state index contributed by atoms with van der Waals surface area (Å²) in [7, 11) is 0. The van der Waals surface area contributed by atoms with Gasteiger partial charge >= 0.3 is 5.97 Å². The van der Waals surface area contributed by atoms with Crippen molar-refractivity contribution in [2.75, 3.05) is 0 Å². The Balaban J connectivity index is 2.18. The number of nitrogens with zero attached hydrogens (tertiary/aromatic N) is 1. The maximum absolute atomic E-state index is 12.5. The lowest BCUT2D eigenvalue weighted by atomic mass is 10.1. The third-order valence-electron chi connectivity index (χ3n) is 3.69. The zero-order valence-corrected chi connectivity index (χ0v) is 12.1. The molecule has 0 aliphatic rings. The Morgan fingerprint density at radius 1 is 1.09 bits per heavy atom. The van der Waals surface area contributed by atoms with Crippen LogP contribution in [0.15, 0.2) is 59.4 Å². The van der Waals surface area contributed by atoms with Crippen LogP contribution in [-0.4, -0.2) is 21.9 Å². The quantitative estimate of drug-likeness (QED) is 0.752. The highest BCUT2D eigenvalue weighted by Gasteiger charge is 2.14. The van der Waals surface area contributed by atoms with Crippen molar-refractivity contribution >= 4 is 23.2 Å². The Hall–Kier alpha value is -3.21. The highest BCUT2D eigenvalue weighted by Crippen LogP contribution is 2.15. The van der Waals surface area contributed by atoms with Gasteiger partial charge in [-0.1, -0.05) is 42.5 Å². The molecule has 114 valence electrons. The Kier molecular flexibility index (Phi) is 3.76. The standard InChI is InChI=1S/C18H13NO4/c20-11-13-7-5-12(6-8-13)10-19-16-4-2-1-3-14(16)9-15(17(19)21)18(22)23/h1-9,11H,10H2,(H,22,23). The van der Waals surface area contributed by atoms with Crippen LogP contribution in [0, 0.1) is 0 Å². The molecule has 5 heteroatoms. The minimum atomic E-state index is -1.24. The average Bonchev–Trinajstić information content (AvgIpc) is 2.57. The summed E-state index contributed by atoms with van der Waals surface area (Å²) in [5, 5.41) is 9.92. The van der Waals surface area contributed by atoms with Gasteiger partial charge in [0.15, 0.2) is 0 Å². The average molecular weight is 307 g/mol. The smallest absolute Gasteiger partial charge is 0.341 e. The SMILES string of the molecule is O=Cc1ccc(Cn2c(=O)c(C(=O)O)cc3ccccc32)cc1.